The molecule has 0 aromatic heterocycles. The van der Waals surface area contributed by atoms with Crippen molar-refractivity contribution in [1.29, 1.82) is 0 Å². The maximum atomic E-state index is 13.7. The van der Waals surface area contributed by atoms with E-state index < -0.39 is 0 Å². The first-order valence-electron chi connectivity index (χ1n) is 11.6. The second kappa shape index (κ2) is 10.5. The largest absolute Gasteiger partial charge is 0.495 e. The van der Waals surface area contributed by atoms with E-state index in [1.54, 1.807) is 24.3 Å². The number of hydrogen-bond acceptors (Lipinski definition) is 4. The number of ether oxygens (including phenoxy) is 1. The number of nitrogens with zero attached hydrogens (tertiary/aromatic N) is 2. The number of hydrogen-bond donors (Lipinski definition) is 1. The normalized spacial score (nSPS) is 15.4. The van der Waals surface area contributed by atoms with Crippen molar-refractivity contribution in [2.75, 3.05) is 38.0 Å². The van der Waals surface area contributed by atoms with Gasteiger partial charge < -0.3 is 19.9 Å². The third-order valence-electron chi connectivity index (χ3n) is 6.45. The summed E-state index contributed by atoms with van der Waals surface area (Å²) in [6.07, 6.45) is 1.79. The molecule has 35 heavy (non-hydrogen) atoms. The molecule has 0 radical (unpaired) electrons. The average Bonchev–Trinajstić information content (AvgIpc) is 3.03. The first-order valence-corrected chi connectivity index (χ1v) is 12.0. The summed E-state index contributed by atoms with van der Waals surface area (Å²) in [6, 6.07) is 18.4. The van der Waals surface area contributed by atoms with Crippen LogP contribution >= 0.6 is 11.6 Å². The number of benzene rings is 3. The van der Waals surface area contributed by atoms with Crippen LogP contribution in [0.25, 0.3) is 0 Å². The lowest BCUT2D eigenvalue weighted by Crippen LogP contribution is -2.32. The van der Waals surface area contributed by atoms with E-state index in [-0.39, 0.29) is 17.9 Å². The maximum absolute atomic E-state index is 13.7. The number of carbonyl (C=O) groups excluding carboxylic acids is 2. The Morgan fingerprint density at radius 1 is 1.09 bits per heavy atom. The fourth-order valence-electron chi connectivity index (χ4n) is 4.60. The minimum atomic E-state index is -0.228. The van der Waals surface area contributed by atoms with Gasteiger partial charge in [-0.05, 0) is 87.5 Å². The molecule has 3 aromatic rings. The number of nitrogens with one attached hydrogen (secondary N) is 1. The Balaban J connectivity index is 1.64. The van der Waals surface area contributed by atoms with Crippen LogP contribution in [0.4, 0.5) is 11.4 Å². The summed E-state index contributed by atoms with van der Waals surface area (Å²) in [5.74, 6) is 0.0756. The summed E-state index contributed by atoms with van der Waals surface area (Å²) in [4.78, 5) is 30.5. The number of carbonyl (C=O) groups is 2. The van der Waals surface area contributed by atoms with Crippen molar-refractivity contribution < 1.29 is 14.3 Å². The minimum absolute atomic E-state index is 0.122. The quantitative estimate of drug-likeness (QED) is 0.479. The Labute approximate surface area is 211 Å². The molecule has 0 fully saturated rings. The minimum Gasteiger partial charge on any atom is -0.495 e. The first kappa shape index (κ1) is 24.8. The van der Waals surface area contributed by atoms with Crippen LogP contribution in [-0.4, -0.2) is 44.5 Å². The molecule has 0 bridgehead atoms. The van der Waals surface area contributed by atoms with Crippen molar-refractivity contribution >= 4 is 34.8 Å². The SMILES string of the molecule is COc1cc(C(=O)N2CCCC(N(C)C)c3cc(Cl)ccc32)ccc1NC(=O)c1ccccc1C. The molecule has 1 unspecified atom stereocenters. The fourth-order valence-corrected chi connectivity index (χ4v) is 4.79. The first-order chi connectivity index (χ1) is 16.8. The second-order valence-corrected chi connectivity index (χ2v) is 9.40. The summed E-state index contributed by atoms with van der Waals surface area (Å²) in [5.41, 5.74) is 4.37. The topological polar surface area (TPSA) is 61.9 Å². The highest BCUT2D eigenvalue weighted by Gasteiger charge is 2.29. The second-order valence-electron chi connectivity index (χ2n) is 8.97. The zero-order valence-electron chi connectivity index (χ0n) is 20.5. The maximum Gasteiger partial charge on any atom is 0.258 e. The average molecular weight is 492 g/mol. The van der Waals surface area contributed by atoms with Crippen molar-refractivity contribution in [3.63, 3.8) is 0 Å². The van der Waals surface area contributed by atoms with E-state index in [9.17, 15) is 9.59 Å². The number of anilines is 2. The fraction of sp³-hybridized carbons (Fsp3) is 0.286. The summed E-state index contributed by atoms with van der Waals surface area (Å²) >= 11 is 6.32. The van der Waals surface area contributed by atoms with Crippen molar-refractivity contribution in [1.82, 2.24) is 4.90 Å². The molecule has 1 aliphatic heterocycles. The van der Waals surface area contributed by atoms with Gasteiger partial charge in [-0.3, -0.25) is 9.59 Å². The number of rotatable bonds is 5. The summed E-state index contributed by atoms with van der Waals surface area (Å²) in [5, 5.41) is 3.56. The molecule has 6 nitrogen and oxygen atoms in total. The molecule has 0 aliphatic carbocycles. The Morgan fingerprint density at radius 3 is 2.57 bits per heavy atom. The van der Waals surface area contributed by atoms with Crippen LogP contribution in [0, 0.1) is 6.92 Å². The van der Waals surface area contributed by atoms with Crippen LogP contribution in [0.15, 0.2) is 60.7 Å². The molecule has 0 spiro atoms. The summed E-state index contributed by atoms with van der Waals surface area (Å²) in [7, 11) is 5.61. The lowest BCUT2D eigenvalue weighted by atomic mass is 10.0. The van der Waals surface area contributed by atoms with Gasteiger partial charge in [0, 0.05) is 34.4 Å². The zero-order chi connectivity index (χ0) is 25.1. The van der Waals surface area contributed by atoms with Crippen molar-refractivity contribution in [3.8, 4) is 5.75 Å². The predicted octanol–water partition coefficient (Wildman–Crippen LogP) is 5.95. The molecule has 3 aromatic carbocycles. The monoisotopic (exact) mass is 491 g/mol. The van der Waals surface area contributed by atoms with Gasteiger partial charge in [0.1, 0.15) is 5.75 Å². The van der Waals surface area contributed by atoms with E-state index in [1.807, 2.05) is 62.3 Å². The smallest absolute Gasteiger partial charge is 0.258 e. The lowest BCUT2D eigenvalue weighted by molar-refractivity contribution is 0.0985. The highest BCUT2D eigenvalue weighted by atomic mass is 35.5. The molecule has 7 heteroatoms. The Morgan fingerprint density at radius 2 is 1.86 bits per heavy atom. The van der Waals surface area contributed by atoms with Crippen molar-refractivity contribution in [2.45, 2.75) is 25.8 Å². The van der Waals surface area contributed by atoms with E-state index in [0.29, 0.717) is 34.1 Å². The summed E-state index contributed by atoms with van der Waals surface area (Å²) in [6.45, 7) is 2.49. The highest BCUT2D eigenvalue weighted by Crippen LogP contribution is 2.38. The molecule has 1 aliphatic rings. The molecule has 0 saturated carbocycles. The third kappa shape index (κ3) is 5.19. The van der Waals surface area contributed by atoms with Gasteiger partial charge in [0.05, 0.1) is 12.8 Å². The highest BCUT2D eigenvalue weighted by molar-refractivity contribution is 6.30. The molecule has 1 N–H and O–H groups in total. The molecule has 1 heterocycles. The van der Waals surface area contributed by atoms with Crippen molar-refractivity contribution in [2.24, 2.45) is 0 Å². The number of methoxy groups -OCH3 is 1. The van der Waals surface area contributed by atoms with Gasteiger partial charge in [-0.1, -0.05) is 29.8 Å². The van der Waals surface area contributed by atoms with Crippen LogP contribution in [-0.2, 0) is 0 Å². The Hall–Kier alpha value is -3.35. The van der Waals surface area contributed by atoms with Crippen LogP contribution in [0.3, 0.4) is 0 Å². The van der Waals surface area contributed by atoms with Crippen molar-refractivity contribution in [3.05, 3.63) is 87.9 Å². The molecule has 4 rings (SSSR count). The third-order valence-corrected chi connectivity index (χ3v) is 6.69. The van der Waals surface area contributed by atoms with E-state index in [2.05, 4.69) is 10.2 Å². The van der Waals surface area contributed by atoms with Gasteiger partial charge >= 0.3 is 0 Å². The van der Waals surface area contributed by atoms with E-state index in [4.69, 9.17) is 16.3 Å². The molecular weight excluding hydrogens is 462 g/mol. The number of halogens is 1. The predicted molar refractivity (Wildman–Crippen MR) is 141 cm³/mol. The molecule has 2 amide bonds. The van der Waals surface area contributed by atoms with E-state index in [0.717, 1.165) is 29.7 Å². The molecule has 182 valence electrons. The van der Waals surface area contributed by atoms with E-state index in [1.165, 1.54) is 7.11 Å². The van der Waals surface area contributed by atoms with Gasteiger partial charge in [0.2, 0.25) is 0 Å². The number of amides is 2. The molecule has 1 atom stereocenters. The number of aryl methyl sites for hydroxylation is 1. The number of fused-ring (bicyclic) bond motifs is 1. The van der Waals surface area contributed by atoms with Gasteiger partial charge in [0.15, 0.2) is 0 Å². The Bertz CT molecular complexity index is 1260. The standard InChI is InChI=1S/C28H30ClN3O3/c1-18-8-5-6-9-21(18)27(33)30-23-13-11-19(16-26(23)35-4)28(34)32-15-7-10-24(31(2)3)22-17-20(29)12-14-25(22)32/h5-6,8-9,11-14,16-17,24H,7,10,15H2,1-4H3,(H,30,33). The zero-order valence-corrected chi connectivity index (χ0v) is 21.2. The molecule has 0 saturated heterocycles. The van der Waals surface area contributed by atoms with Crippen LogP contribution in [0.5, 0.6) is 5.75 Å². The van der Waals surface area contributed by atoms with Crippen LogP contribution in [0.1, 0.15) is 50.7 Å². The summed E-state index contributed by atoms with van der Waals surface area (Å²) < 4.78 is 5.54. The van der Waals surface area contributed by atoms with Gasteiger partial charge in [0.25, 0.3) is 11.8 Å². The Kier molecular flexibility index (Phi) is 7.43. The lowest BCUT2D eigenvalue weighted by Gasteiger charge is -2.27. The van der Waals surface area contributed by atoms with Gasteiger partial charge in [-0.2, -0.15) is 0 Å². The van der Waals surface area contributed by atoms with Gasteiger partial charge in [-0.15, -0.1) is 0 Å². The molecular formula is C28H30ClN3O3. The van der Waals surface area contributed by atoms with E-state index >= 15 is 0 Å². The van der Waals surface area contributed by atoms with Gasteiger partial charge in [-0.25, -0.2) is 0 Å². The van der Waals surface area contributed by atoms with Crippen LogP contribution < -0.4 is 15.0 Å². The van der Waals surface area contributed by atoms with Crippen LogP contribution in [0.2, 0.25) is 5.02 Å².